The van der Waals surface area contributed by atoms with E-state index >= 15 is 0 Å². The quantitative estimate of drug-likeness (QED) is 0.358. The molecule has 0 aliphatic carbocycles. The molecule has 131 valence electrons. The van der Waals surface area contributed by atoms with Gasteiger partial charge < -0.3 is 0 Å². The van der Waals surface area contributed by atoms with Gasteiger partial charge in [-0.2, -0.15) is 0 Å². The van der Waals surface area contributed by atoms with Crippen molar-refractivity contribution in [3.05, 3.63) is 34.9 Å². The van der Waals surface area contributed by atoms with Crippen LogP contribution < -0.4 is 0 Å². The second kappa shape index (κ2) is 7.60. The summed E-state index contributed by atoms with van der Waals surface area (Å²) in [4.78, 5) is 0. The lowest BCUT2D eigenvalue weighted by atomic mass is 9.93. The topological polar surface area (TPSA) is 19.9 Å². The minimum absolute atomic E-state index is 0.000702. The summed E-state index contributed by atoms with van der Waals surface area (Å²) < 4.78 is -8.45. The molecule has 1 radical (unpaired) electrons. The first-order valence-corrected chi connectivity index (χ1v) is 9.52. The fourth-order valence-electron chi connectivity index (χ4n) is 1.86. The molecule has 1 aromatic rings. The lowest BCUT2D eigenvalue weighted by Crippen LogP contribution is -2.34. The summed E-state index contributed by atoms with van der Waals surface area (Å²) >= 11 is 59.6. The second-order valence-electron chi connectivity index (χ2n) is 4.55. The molecule has 0 fully saturated rings. The van der Waals surface area contributed by atoms with E-state index in [2.05, 4.69) is 0 Å². The molecule has 0 heterocycles. The van der Waals surface area contributed by atoms with Gasteiger partial charge in [-0.25, -0.2) is 5.11 Å². The number of hydrogen-bond donors (Lipinski definition) is 0. The third-order valence-corrected chi connectivity index (χ3v) is 7.71. The minimum Gasteiger partial charge on any atom is -0.228 e. The van der Waals surface area contributed by atoms with Crippen LogP contribution in [0, 0.1) is 0 Å². The van der Waals surface area contributed by atoms with Gasteiger partial charge in [-0.15, -0.1) is 0 Å². The summed E-state index contributed by atoms with van der Waals surface area (Å²) in [5.74, 6) is 0. The Kier molecular flexibility index (Phi) is 7.64. The molecular weight excluding hydrogens is 515 g/mol. The van der Waals surface area contributed by atoms with Crippen molar-refractivity contribution in [2.24, 2.45) is 0 Å². The molecule has 23 heavy (non-hydrogen) atoms. The van der Waals surface area contributed by atoms with Crippen molar-refractivity contribution in [1.29, 1.82) is 0 Å². The lowest BCUT2D eigenvalue weighted by molar-refractivity contribution is 0.104. The zero-order valence-electron chi connectivity index (χ0n) is 11.0. The van der Waals surface area contributed by atoms with Gasteiger partial charge in [0.2, 0.25) is 7.59 Å². The Balaban J connectivity index is 3.77. The summed E-state index contributed by atoms with van der Waals surface area (Å²) in [5, 5.41) is 12.2. The average molecular weight is 522 g/mol. The smallest absolute Gasteiger partial charge is 0.227 e. The maximum Gasteiger partial charge on any atom is 0.227 e. The molecule has 0 aliphatic rings. The van der Waals surface area contributed by atoms with Crippen molar-refractivity contribution >= 4 is 116 Å². The van der Waals surface area contributed by atoms with Crippen LogP contribution in [0.15, 0.2) is 18.2 Å². The number of halogens is 10. The van der Waals surface area contributed by atoms with E-state index in [1.165, 1.54) is 25.1 Å². The van der Waals surface area contributed by atoms with Gasteiger partial charge in [-0.1, -0.05) is 134 Å². The monoisotopic (exact) mass is 517 g/mol. The third kappa shape index (κ3) is 4.68. The van der Waals surface area contributed by atoms with Crippen LogP contribution in [-0.4, -0.2) is 7.59 Å². The van der Waals surface area contributed by atoms with Gasteiger partial charge >= 0.3 is 0 Å². The van der Waals surface area contributed by atoms with Gasteiger partial charge in [0.25, 0.3) is 0 Å². The predicted molar refractivity (Wildman–Crippen MR) is 103 cm³/mol. The Morgan fingerprint density at radius 3 is 1.26 bits per heavy atom. The van der Waals surface area contributed by atoms with Crippen LogP contribution in [0.4, 0.5) is 0 Å². The second-order valence-corrected chi connectivity index (χ2v) is 11.8. The first-order valence-electron chi connectivity index (χ1n) is 5.74. The van der Waals surface area contributed by atoms with Crippen molar-refractivity contribution in [3.63, 3.8) is 0 Å². The fourth-order valence-corrected chi connectivity index (χ4v) is 3.13. The van der Waals surface area contributed by atoms with E-state index in [9.17, 15) is 5.11 Å². The van der Waals surface area contributed by atoms with Crippen LogP contribution in [0.1, 0.15) is 29.7 Å². The van der Waals surface area contributed by atoms with Crippen LogP contribution in [0.5, 0.6) is 0 Å². The van der Waals surface area contributed by atoms with Gasteiger partial charge in [0.1, 0.15) is 6.10 Å². The fraction of sp³-hybridized carbons (Fsp3) is 0.500. The SMILES string of the molecule is CC([O])c1c(C(Cl)(Cl)C(Cl)(Cl)Cl)cccc1C(Cl)(Cl)C(Cl)(Cl)Cl. The highest BCUT2D eigenvalue weighted by molar-refractivity contribution is 6.76. The van der Waals surface area contributed by atoms with E-state index in [0.717, 1.165) is 0 Å². The molecule has 0 bridgehead atoms. The van der Waals surface area contributed by atoms with Crippen molar-refractivity contribution in [2.45, 2.75) is 29.3 Å². The number of alkyl halides is 10. The van der Waals surface area contributed by atoms with Crippen molar-refractivity contribution in [3.8, 4) is 0 Å². The van der Waals surface area contributed by atoms with Gasteiger partial charge in [-0.05, 0) is 23.6 Å². The summed E-state index contributed by atoms with van der Waals surface area (Å²) in [7, 11) is 0. The Morgan fingerprint density at radius 2 is 1.04 bits per heavy atom. The molecule has 1 unspecified atom stereocenters. The molecular formula is C12H7Cl10O. The minimum atomic E-state index is -2.15. The van der Waals surface area contributed by atoms with Crippen molar-refractivity contribution < 1.29 is 5.11 Å². The molecule has 0 saturated heterocycles. The van der Waals surface area contributed by atoms with E-state index in [1.807, 2.05) is 0 Å². The van der Waals surface area contributed by atoms with Crippen LogP contribution in [0.3, 0.4) is 0 Å². The van der Waals surface area contributed by atoms with Gasteiger partial charge in [0.05, 0.1) is 0 Å². The van der Waals surface area contributed by atoms with Crippen LogP contribution in [-0.2, 0) is 13.8 Å². The zero-order chi connectivity index (χ0) is 18.4. The molecule has 0 spiro atoms. The number of benzene rings is 1. The maximum absolute atomic E-state index is 12.2. The van der Waals surface area contributed by atoms with Crippen LogP contribution in [0.2, 0.25) is 0 Å². The van der Waals surface area contributed by atoms with E-state index in [4.69, 9.17) is 116 Å². The lowest BCUT2D eigenvalue weighted by Gasteiger charge is -2.35. The van der Waals surface area contributed by atoms with Crippen LogP contribution >= 0.6 is 116 Å². The van der Waals surface area contributed by atoms with Crippen molar-refractivity contribution in [2.75, 3.05) is 0 Å². The molecule has 0 saturated carbocycles. The summed E-state index contributed by atoms with van der Waals surface area (Å²) in [6.45, 7) is 1.30. The van der Waals surface area contributed by atoms with E-state index in [0.29, 0.717) is 0 Å². The zero-order valence-corrected chi connectivity index (χ0v) is 18.6. The van der Waals surface area contributed by atoms with Crippen molar-refractivity contribution in [1.82, 2.24) is 0 Å². The first kappa shape index (κ1) is 23.1. The van der Waals surface area contributed by atoms with E-state index in [1.54, 1.807) is 0 Å². The van der Waals surface area contributed by atoms with E-state index in [-0.39, 0.29) is 16.7 Å². The summed E-state index contributed by atoms with van der Waals surface area (Å²) in [6.07, 6.45) is -1.41. The maximum atomic E-state index is 12.2. The van der Waals surface area contributed by atoms with Crippen LogP contribution in [0.25, 0.3) is 0 Å². The molecule has 0 amide bonds. The Bertz CT molecular complexity index is 526. The largest absolute Gasteiger partial charge is 0.228 e. The van der Waals surface area contributed by atoms with Gasteiger partial charge in [0, 0.05) is 0 Å². The Morgan fingerprint density at radius 1 is 0.739 bits per heavy atom. The van der Waals surface area contributed by atoms with Gasteiger partial charge in [-0.3, -0.25) is 0 Å². The molecule has 1 aromatic carbocycles. The third-order valence-electron chi connectivity index (χ3n) is 2.90. The molecule has 0 aromatic heterocycles. The average Bonchev–Trinajstić information content (AvgIpc) is 2.34. The van der Waals surface area contributed by atoms with E-state index < -0.39 is 22.4 Å². The number of hydrogen-bond acceptors (Lipinski definition) is 0. The Labute approximate surface area is 183 Å². The summed E-state index contributed by atoms with van der Waals surface area (Å²) in [6, 6.07) is 4.25. The van der Waals surface area contributed by atoms with Gasteiger partial charge in [0.15, 0.2) is 8.67 Å². The molecule has 0 aliphatic heterocycles. The molecule has 1 nitrogen and oxygen atoms in total. The molecule has 1 atom stereocenters. The molecule has 0 N–H and O–H groups in total. The molecule has 1 rings (SSSR count). The Hall–Kier alpha value is 2.08. The summed E-state index contributed by atoms with van der Waals surface area (Å²) in [5.41, 5.74) is -0.0262. The number of rotatable bonds is 3. The predicted octanol–water partition coefficient (Wildman–Crippen LogP) is 8.18. The highest BCUT2D eigenvalue weighted by Gasteiger charge is 2.53. The normalized spacial score (nSPS) is 15.7. The highest BCUT2D eigenvalue weighted by atomic mass is 35.6. The standard InChI is InChI=1S/C12H7Cl10O/c1-5(23)8-6(9(13,14)11(17,18)19)3-2-4-7(8)10(15,16)12(20,21)22/h2-5H,1H3. The highest BCUT2D eigenvalue weighted by Crippen LogP contribution is 2.58. The first-order chi connectivity index (χ1) is 10.0. The molecule has 11 heteroatoms.